The summed E-state index contributed by atoms with van der Waals surface area (Å²) >= 11 is 0. The van der Waals surface area contributed by atoms with Crippen molar-refractivity contribution in [2.45, 2.75) is 51.0 Å². The molecule has 2 amide bonds. The second kappa shape index (κ2) is 9.47. The first-order chi connectivity index (χ1) is 17.7. The molecule has 0 saturated heterocycles. The molecule has 0 unspecified atom stereocenters. The lowest BCUT2D eigenvalue weighted by Crippen LogP contribution is -2.49. The molecule has 37 heavy (non-hydrogen) atoms. The Balaban J connectivity index is 1.62. The summed E-state index contributed by atoms with van der Waals surface area (Å²) in [5.41, 5.74) is 2.12. The normalized spacial score (nSPS) is 22.4. The van der Waals surface area contributed by atoms with Crippen molar-refractivity contribution in [3.63, 3.8) is 0 Å². The number of ketones is 1. The predicted molar refractivity (Wildman–Crippen MR) is 144 cm³/mol. The number of fused-ring (bicyclic) bond motifs is 1. The minimum absolute atomic E-state index is 0.0438. The van der Waals surface area contributed by atoms with E-state index >= 15 is 0 Å². The lowest BCUT2D eigenvalue weighted by atomic mass is 9.66. The topological polar surface area (TPSA) is 63.7 Å². The van der Waals surface area contributed by atoms with E-state index in [1.165, 1.54) is 4.90 Å². The zero-order chi connectivity index (χ0) is 26.2. The predicted octanol–water partition coefficient (Wildman–Crippen LogP) is 6.51. The number of hydrogen-bond donors (Lipinski definition) is 0. The van der Waals surface area contributed by atoms with Gasteiger partial charge in [-0.2, -0.15) is 0 Å². The molecule has 188 valence electrons. The fourth-order valence-corrected chi connectivity index (χ4v) is 5.63. The van der Waals surface area contributed by atoms with Crippen molar-refractivity contribution in [1.82, 2.24) is 0 Å². The number of hydrogen-bond acceptors (Lipinski definition) is 4. The molecular weight excluding hydrogens is 462 g/mol. The second-order valence-electron chi connectivity index (χ2n) is 10.9. The van der Waals surface area contributed by atoms with Crippen LogP contribution in [0.2, 0.25) is 0 Å². The minimum atomic E-state index is -1.07. The van der Waals surface area contributed by atoms with Crippen LogP contribution in [0.3, 0.4) is 0 Å². The maximum absolute atomic E-state index is 14.5. The average Bonchev–Trinajstić information content (AvgIpc) is 3.35. The van der Waals surface area contributed by atoms with Crippen molar-refractivity contribution < 1.29 is 19.1 Å². The molecule has 1 aliphatic carbocycles. The van der Waals surface area contributed by atoms with Gasteiger partial charge in [0.15, 0.2) is 5.78 Å². The number of carbonyl (C=O) groups excluding carboxylic acids is 3. The quantitative estimate of drug-likeness (QED) is 0.389. The molecule has 2 atom stereocenters. The summed E-state index contributed by atoms with van der Waals surface area (Å²) in [4.78, 5) is 42.3. The smallest absolute Gasteiger partial charge is 0.421 e. The first-order valence-electron chi connectivity index (χ1n) is 12.7. The largest absolute Gasteiger partial charge is 0.443 e. The summed E-state index contributed by atoms with van der Waals surface area (Å²) in [6.07, 6.45) is 2.33. The first-order valence-corrected chi connectivity index (χ1v) is 12.7. The van der Waals surface area contributed by atoms with Crippen LogP contribution in [-0.2, 0) is 26.2 Å². The van der Waals surface area contributed by atoms with Gasteiger partial charge in [-0.1, -0.05) is 78.9 Å². The Hall–Kier alpha value is -3.99. The van der Waals surface area contributed by atoms with Gasteiger partial charge >= 0.3 is 6.09 Å². The van der Waals surface area contributed by atoms with Crippen molar-refractivity contribution in [2.24, 2.45) is 5.92 Å². The molecule has 1 fully saturated rings. The van der Waals surface area contributed by atoms with Gasteiger partial charge in [0, 0.05) is 6.42 Å². The molecular formula is C32H31NO4. The van der Waals surface area contributed by atoms with Crippen LogP contribution in [0.25, 0.3) is 6.08 Å². The van der Waals surface area contributed by atoms with Crippen molar-refractivity contribution in [1.29, 1.82) is 0 Å². The van der Waals surface area contributed by atoms with Gasteiger partial charge in [-0.3, -0.25) is 9.59 Å². The van der Waals surface area contributed by atoms with Gasteiger partial charge in [0.25, 0.3) is 0 Å². The Morgan fingerprint density at radius 1 is 0.919 bits per heavy atom. The summed E-state index contributed by atoms with van der Waals surface area (Å²) in [7, 11) is 0. The van der Waals surface area contributed by atoms with Gasteiger partial charge < -0.3 is 4.74 Å². The fourth-order valence-electron chi connectivity index (χ4n) is 5.63. The van der Waals surface area contributed by atoms with Gasteiger partial charge in [-0.15, -0.1) is 0 Å². The molecule has 0 radical (unpaired) electrons. The number of carbonyl (C=O) groups is 3. The molecule has 2 aliphatic rings. The van der Waals surface area contributed by atoms with E-state index in [1.54, 1.807) is 26.8 Å². The van der Waals surface area contributed by atoms with Crippen LogP contribution in [-0.4, -0.2) is 23.4 Å². The Morgan fingerprint density at radius 3 is 2.22 bits per heavy atom. The molecule has 1 saturated carbocycles. The molecule has 3 aromatic rings. The zero-order valence-electron chi connectivity index (χ0n) is 21.4. The Labute approximate surface area is 217 Å². The Kier molecular flexibility index (Phi) is 6.32. The Morgan fingerprint density at radius 2 is 1.54 bits per heavy atom. The number of ether oxygens (including phenoxy) is 1. The number of nitrogens with zero attached hydrogens (tertiary/aromatic N) is 1. The van der Waals surface area contributed by atoms with Crippen LogP contribution in [0, 0.1) is 5.92 Å². The summed E-state index contributed by atoms with van der Waals surface area (Å²) in [5.74, 6) is -0.580. The number of amides is 2. The summed E-state index contributed by atoms with van der Waals surface area (Å²) in [6, 6.07) is 27.0. The van der Waals surface area contributed by atoms with Crippen LogP contribution in [0.4, 0.5) is 10.5 Å². The van der Waals surface area contributed by atoms with E-state index in [0.717, 1.165) is 16.7 Å². The molecule has 0 bridgehead atoms. The monoisotopic (exact) mass is 493 g/mol. The maximum Gasteiger partial charge on any atom is 0.421 e. The highest BCUT2D eigenvalue weighted by molar-refractivity contribution is 6.22. The van der Waals surface area contributed by atoms with Crippen LogP contribution < -0.4 is 4.90 Å². The summed E-state index contributed by atoms with van der Waals surface area (Å²) < 4.78 is 5.66. The minimum Gasteiger partial charge on any atom is -0.443 e. The van der Waals surface area contributed by atoms with E-state index in [-0.39, 0.29) is 24.0 Å². The van der Waals surface area contributed by atoms with E-state index in [1.807, 2.05) is 84.9 Å². The van der Waals surface area contributed by atoms with E-state index in [9.17, 15) is 14.4 Å². The van der Waals surface area contributed by atoms with Gasteiger partial charge in [-0.05, 0) is 73.9 Å². The zero-order valence-corrected chi connectivity index (χ0v) is 21.4. The highest BCUT2D eigenvalue weighted by Crippen LogP contribution is 2.53. The molecule has 0 spiro atoms. The van der Waals surface area contributed by atoms with Gasteiger partial charge in [0.2, 0.25) is 5.91 Å². The van der Waals surface area contributed by atoms with Crippen LogP contribution in [0.1, 0.15) is 50.3 Å². The molecule has 0 N–H and O–H groups in total. The average molecular weight is 494 g/mol. The third-order valence-electron chi connectivity index (χ3n) is 7.21. The number of anilines is 1. The number of imide groups is 1. The van der Waals surface area contributed by atoms with Crippen molar-refractivity contribution in [3.05, 3.63) is 107 Å². The van der Waals surface area contributed by atoms with Crippen LogP contribution in [0.5, 0.6) is 0 Å². The van der Waals surface area contributed by atoms with Crippen molar-refractivity contribution >= 4 is 29.5 Å². The number of allylic oxidation sites excluding steroid dienone is 1. The fraction of sp³-hybridized carbons (Fsp3) is 0.281. The maximum atomic E-state index is 14.5. The second-order valence-corrected chi connectivity index (χ2v) is 10.9. The van der Waals surface area contributed by atoms with E-state index < -0.39 is 17.1 Å². The molecule has 1 heterocycles. The molecule has 5 heteroatoms. The van der Waals surface area contributed by atoms with Gasteiger partial charge in [0.05, 0.1) is 11.1 Å². The van der Waals surface area contributed by atoms with E-state index in [2.05, 4.69) is 0 Å². The van der Waals surface area contributed by atoms with Crippen molar-refractivity contribution in [2.75, 3.05) is 4.90 Å². The van der Waals surface area contributed by atoms with E-state index in [4.69, 9.17) is 4.74 Å². The van der Waals surface area contributed by atoms with Crippen LogP contribution >= 0.6 is 0 Å². The lowest BCUT2D eigenvalue weighted by Gasteiger charge is -2.34. The van der Waals surface area contributed by atoms with Crippen LogP contribution in [0.15, 0.2) is 90.5 Å². The standard InChI is InChI=1S/C32H31NO4/c1-31(2,3)37-30(36)33-27-17-11-10-16-26(27)32(29(33)35,21-23-14-8-5-9-15-23)25-19-24(28(34)20-25)18-22-12-6-4-7-13-22/h4-18,25H,19-21H2,1-3H3/b24-18+/t25-,32+/m1/s1. The van der Waals surface area contributed by atoms with Gasteiger partial charge in [0.1, 0.15) is 5.60 Å². The molecule has 5 rings (SSSR count). The third-order valence-corrected chi connectivity index (χ3v) is 7.21. The van der Waals surface area contributed by atoms with E-state index in [0.29, 0.717) is 24.1 Å². The first kappa shape index (κ1) is 24.7. The lowest BCUT2D eigenvalue weighted by molar-refractivity contribution is -0.125. The molecule has 1 aliphatic heterocycles. The number of Topliss-reactive ketones (excluding diaryl/α,β-unsaturated/α-hetero) is 1. The highest BCUT2D eigenvalue weighted by Gasteiger charge is 2.59. The SMILES string of the molecule is CC(C)(C)OC(=O)N1C(=O)[C@@](Cc2ccccc2)([C@H]2CC(=O)/C(=C/c3ccccc3)C2)c2ccccc21. The molecule has 3 aromatic carbocycles. The number of rotatable bonds is 4. The number of benzene rings is 3. The van der Waals surface area contributed by atoms with Gasteiger partial charge in [-0.25, -0.2) is 9.69 Å². The highest BCUT2D eigenvalue weighted by atomic mass is 16.6. The summed E-state index contributed by atoms with van der Waals surface area (Å²) in [5, 5.41) is 0. The summed E-state index contributed by atoms with van der Waals surface area (Å²) in [6.45, 7) is 5.35. The van der Waals surface area contributed by atoms with Crippen molar-refractivity contribution in [3.8, 4) is 0 Å². The molecule has 5 nitrogen and oxygen atoms in total. The molecule has 0 aromatic heterocycles. The Bertz CT molecular complexity index is 1370. The third kappa shape index (κ3) is 4.62. The number of para-hydroxylation sites is 1.